The predicted octanol–water partition coefficient (Wildman–Crippen LogP) is 3.52. The zero-order chi connectivity index (χ0) is 10.1. The van der Waals surface area contributed by atoms with E-state index in [4.69, 9.17) is 4.52 Å². The van der Waals surface area contributed by atoms with Gasteiger partial charge in [0.15, 0.2) is 0 Å². The van der Waals surface area contributed by atoms with E-state index in [2.05, 4.69) is 25.1 Å². The highest BCUT2D eigenvalue weighted by Gasteiger charge is 2.32. The Kier molecular flexibility index (Phi) is 2.62. The van der Waals surface area contributed by atoms with E-state index in [1.165, 1.54) is 25.0 Å². The third-order valence-electron chi connectivity index (χ3n) is 3.45. The van der Waals surface area contributed by atoms with Crippen LogP contribution in [0.15, 0.2) is 10.6 Å². The number of rotatable bonds is 2. The molecule has 14 heavy (non-hydrogen) atoms. The van der Waals surface area contributed by atoms with E-state index in [1.54, 1.807) is 0 Å². The van der Waals surface area contributed by atoms with Gasteiger partial charge in [0.25, 0.3) is 0 Å². The van der Waals surface area contributed by atoms with Crippen LogP contribution in [0, 0.1) is 18.8 Å². The highest BCUT2D eigenvalue weighted by Crippen LogP contribution is 2.42. The fourth-order valence-corrected chi connectivity index (χ4v) is 2.71. The Morgan fingerprint density at radius 1 is 1.43 bits per heavy atom. The first-order valence-corrected chi connectivity index (χ1v) is 5.61. The van der Waals surface area contributed by atoms with Gasteiger partial charge < -0.3 is 4.52 Å². The number of hydrogen-bond donors (Lipinski definition) is 0. The molecule has 0 bridgehead atoms. The minimum Gasteiger partial charge on any atom is -0.361 e. The zero-order valence-electron chi connectivity index (χ0n) is 9.29. The van der Waals surface area contributed by atoms with Crippen molar-refractivity contribution in [3.05, 3.63) is 17.5 Å². The van der Waals surface area contributed by atoms with Gasteiger partial charge in [0, 0.05) is 12.0 Å². The molecule has 1 heterocycles. The molecule has 1 saturated carbocycles. The van der Waals surface area contributed by atoms with Gasteiger partial charge >= 0.3 is 0 Å². The highest BCUT2D eigenvalue weighted by molar-refractivity contribution is 5.12. The van der Waals surface area contributed by atoms with Crippen LogP contribution in [0.25, 0.3) is 0 Å². The van der Waals surface area contributed by atoms with Crippen LogP contribution in [0.1, 0.15) is 50.5 Å². The van der Waals surface area contributed by atoms with E-state index in [9.17, 15) is 0 Å². The topological polar surface area (TPSA) is 26.0 Å². The van der Waals surface area contributed by atoms with Gasteiger partial charge in [-0.3, -0.25) is 0 Å². The molecule has 1 aromatic heterocycles. The quantitative estimate of drug-likeness (QED) is 0.718. The summed E-state index contributed by atoms with van der Waals surface area (Å²) in [5.41, 5.74) is 1.18. The van der Waals surface area contributed by atoms with Gasteiger partial charge in [-0.2, -0.15) is 0 Å². The zero-order valence-corrected chi connectivity index (χ0v) is 9.29. The van der Waals surface area contributed by atoms with Crippen molar-refractivity contribution in [2.24, 2.45) is 11.8 Å². The van der Waals surface area contributed by atoms with Crippen LogP contribution in [0.2, 0.25) is 0 Å². The average molecular weight is 193 g/mol. The molecule has 1 aliphatic rings. The van der Waals surface area contributed by atoms with E-state index >= 15 is 0 Å². The summed E-state index contributed by atoms with van der Waals surface area (Å²) in [7, 11) is 0. The molecule has 78 valence electrons. The Bertz CT molecular complexity index is 303. The molecule has 1 fully saturated rings. The molecule has 2 atom stereocenters. The van der Waals surface area contributed by atoms with Crippen LogP contribution in [0.5, 0.6) is 0 Å². The first kappa shape index (κ1) is 9.75. The molecule has 0 aliphatic heterocycles. The fraction of sp³-hybridized carbons (Fsp3) is 0.750. The van der Waals surface area contributed by atoms with Gasteiger partial charge in [0.05, 0.1) is 5.69 Å². The monoisotopic (exact) mass is 193 g/mol. The summed E-state index contributed by atoms with van der Waals surface area (Å²) in [5.74, 6) is 3.15. The van der Waals surface area contributed by atoms with Crippen molar-refractivity contribution >= 4 is 0 Å². The first-order valence-electron chi connectivity index (χ1n) is 5.61. The van der Waals surface area contributed by atoms with Gasteiger partial charge in [0.1, 0.15) is 5.76 Å². The van der Waals surface area contributed by atoms with Gasteiger partial charge in [-0.25, -0.2) is 0 Å². The lowest BCUT2D eigenvalue weighted by Gasteiger charge is -2.20. The molecule has 2 nitrogen and oxygen atoms in total. The van der Waals surface area contributed by atoms with Crippen molar-refractivity contribution in [2.75, 3.05) is 0 Å². The second-order valence-electron chi connectivity index (χ2n) is 4.81. The van der Waals surface area contributed by atoms with Crippen molar-refractivity contribution in [2.45, 2.75) is 46.0 Å². The molecule has 2 heteroatoms. The van der Waals surface area contributed by atoms with Gasteiger partial charge in [-0.1, -0.05) is 25.4 Å². The summed E-state index contributed by atoms with van der Waals surface area (Å²) >= 11 is 0. The molecule has 1 aromatic rings. The Hall–Kier alpha value is -0.790. The molecule has 0 aromatic carbocycles. The normalized spacial score (nSPS) is 27.4. The standard InChI is InChI=1S/C12H19NO/c1-8(2)10-5-4-6-11(10)12-7-9(3)14-13-12/h7-8,10-11H,4-6H2,1-3H3. The van der Waals surface area contributed by atoms with Crippen LogP contribution in [0.4, 0.5) is 0 Å². The maximum atomic E-state index is 5.15. The summed E-state index contributed by atoms with van der Waals surface area (Å²) in [4.78, 5) is 0. The maximum absolute atomic E-state index is 5.15. The third kappa shape index (κ3) is 1.70. The van der Waals surface area contributed by atoms with Crippen LogP contribution >= 0.6 is 0 Å². The Labute approximate surface area is 85.7 Å². The van der Waals surface area contributed by atoms with Gasteiger partial charge in [-0.15, -0.1) is 0 Å². The van der Waals surface area contributed by atoms with E-state index in [1.807, 2.05) is 6.92 Å². The minimum atomic E-state index is 0.646. The lowest BCUT2D eigenvalue weighted by molar-refractivity contribution is 0.332. The summed E-state index contributed by atoms with van der Waals surface area (Å²) in [5, 5.41) is 4.16. The minimum absolute atomic E-state index is 0.646. The number of hydrogen-bond acceptors (Lipinski definition) is 2. The molecular formula is C12H19NO. The Balaban J connectivity index is 2.17. The number of aryl methyl sites for hydroxylation is 1. The van der Waals surface area contributed by atoms with Crippen molar-refractivity contribution < 1.29 is 4.52 Å². The number of aromatic nitrogens is 1. The molecule has 0 amide bonds. The van der Waals surface area contributed by atoms with Crippen molar-refractivity contribution in [1.29, 1.82) is 0 Å². The first-order chi connectivity index (χ1) is 6.68. The van der Waals surface area contributed by atoms with E-state index in [0.29, 0.717) is 5.92 Å². The second-order valence-corrected chi connectivity index (χ2v) is 4.81. The second kappa shape index (κ2) is 3.76. The highest BCUT2D eigenvalue weighted by atomic mass is 16.5. The summed E-state index contributed by atoms with van der Waals surface area (Å²) < 4.78 is 5.15. The lowest BCUT2D eigenvalue weighted by Crippen LogP contribution is -2.12. The van der Waals surface area contributed by atoms with E-state index < -0.39 is 0 Å². The fourth-order valence-electron chi connectivity index (χ4n) is 2.71. The largest absolute Gasteiger partial charge is 0.361 e. The Morgan fingerprint density at radius 2 is 2.21 bits per heavy atom. The van der Waals surface area contributed by atoms with Crippen molar-refractivity contribution in [1.82, 2.24) is 5.16 Å². The summed E-state index contributed by atoms with van der Waals surface area (Å²) in [6.07, 6.45) is 3.99. The van der Waals surface area contributed by atoms with Crippen molar-refractivity contribution in [3.63, 3.8) is 0 Å². The number of nitrogens with zero attached hydrogens (tertiary/aromatic N) is 1. The molecule has 2 unspecified atom stereocenters. The van der Waals surface area contributed by atoms with Crippen LogP contribution in [-0.4, -0.2) is 5.16 Å². The smallest absolute Gasteiger partial charge is 0.133 e. The summed E-state index contributed by atoms with van der Waals surface area (Å²) in [6, 6.07) is 2.10. The molecular weight excluding hydrogens is 174 g/mol. The van der Waals surface area contributed by atoms with E-state index in [0.717, 1.165) is 17.6 Å². The summed E-state index contributed by atoms with van der Waals surface area (Å²) in [6.45, 7) is 6.60. The van der Waals surface area contributed by atoms with Gasteiger partial charge in [0.2, 0.25) is 0 Å². The molecule has 0 N–H and O–H groups in total. The third-order valence-corrected chi connectivity index (χ3v) is 3.45. The average Bonchev–Trinajstić information content (AvgIpc) is 2.70. The van der Waals surface area contributed by atoms with Crippen LogP contribution in [-0.2, 0) is 0 Å². The van der Waals surface area contributed by atoms with Gasteiger partial charge in [-0.05, 0) is 31.6 Å². The van der Waals surface area contributed by atoms with E-state index in [-0.39, 0.29) is 0 Å². The predicted molar refractivity (Wildman–Crippen MR) is 56.2 cm³/mol. The molecule has 2 rings (SSSR count). The Morgan fingerprint density at radius 3 is 2.79 bits per heavy atom. The molecule has 0 radical (unpaired) electrons. The molecule has 0 spiro atoms. The molecule has 1 aliphatic carbocycles. The maximum Gasteiger partial charge on any atom is 0.133 e. The van der Waals surface area contributed by atoms with Crippen LogP contribution < -0.4 is 0 Å². The van der Waals surface area contributed by atoms with Crippen molar-refractivity contribution in [3.8, 4) is 0 Å². The SMILES string of the molecule is Cc1cc(C2CCCC2C(C)C)no1. The molecule has 0 saturated heterocycles. The lowest BCUT2D eigenvalue weighted by atomic mass is 9.84. The van der Waals surface area contributed by atoms with Crippen LogP contribution in [0.3, 0.4) is 0 Å².